The summed E-state index contributed by atoms with van der Waals surface area (Å²) in [6, 6.07) is 2.50. The van der Waals surface area contributed by atoms with Gasteiger partial charge in [-0.3, -0.25) is 4.79 Å². The molecule has 6 nitrogen and oxygen atoms in total. The predicted octanol–water partition coefficient (Wildman–Crippen LogP) is 2.46. The number of hydrogen-bond donors (Lipinski definition) is 2. The SMILES string of the molecule is O=C(NC1CCCC1)NC1CCC(n2nc3c(cc2=O)CCC3)CC1. The van der Waals surface area contributed by atoms with Crippen molar-refractivity contribution in [2.45, 2.75) is 88.8 Å². The van der Waals surface area contributed by atoms with E-state index >= 15 is 0 Å². The lowest BCUT2D eigenvalue weighted by atomic mass is 9.91. The Morgan fingerprint density at radius 1 is 0.960 bits per heavy atom. The van der Waals surface area contributed by atoms with Crippen LogP contribution < -0.4 is 16.2 Å². The van der Waals surface area contributed by atoms with Crippen LogP contribution >= 0.6 is 0 Å². The van der Waals surface area contributed by atoms with Gasteiger partial charge in [-0.25, -0.2) is 9.48 Å². The number of carbonyl (C=O) groups is 1. The Morgan fingerprint density at radius 3 is 2.36 bits per heavy atom. The van der Waals surface area contributed by atoms with Gasteiger partial charge in [-0.2, -0.15) is 5.10 Å². The number of amides is 2. The number of hydrogen-bond acceptors (Lipinski definition) is 3. The average molecular weight is 344 g/mol. The van der Waals surface area contributed by atoms with Crippen LogP contribution in [0.15, 0.2) is 10.9 Å². The first-order valence-electron chi connectivity index (χ1n) is 9.87. The Bertz CT molecular complexity index is 685. The minimum atomic E-state index is -0.0248. The van der Waals surface area contributed by atoms with Crippen LogP contribution in [0.2, 0.25) is 0 Å². The molecule has 25 heavy (non-hydrogen) atoms. The third-order valence-corrected chi connectivity index (χ3v) is 6.05. The fourth-order valence-corrected chi connectivity index (χ4v) is 4.62. The van der Waals surface area contributed by atoms with Crippen molar-refractivity contribution in [1.29, 1.82) is 0 Å². The molecule has 0 bridgehead atoms. The molecule has 0 aromatic carbocycles. The summed E-state index contributed by atoms with van der Waals surface area (Å²) in [5, 5.41) is 10.8. The van der Waals surface area contributed by atoms with Gasteiger partial charge in [0.05, 0.1) is 11.7 Å². The zero-order valence-electron chi connectivity index (χ0n) is 14.8. The Hall–Kier alpha value is -1.85. The van der Waals surface area contributed by atoms with Gasteiger partial charge in [0, 0.05) is 18.2 Å². The van der Waals surface area contributed by atoms with Crippen molar-refractivity contribution in [3.8, 4) is 0 Å². The third-order valence-electron chi connectivity index (χ3n) is 6.05. The Kier molecular flexibility index (Phi) is 4.77. The molecule has 0 unspecified atom stereocenters. The standard InChI is InChI=1S/C19H28N4O2/c24-18-12-13-4-3-7-17(13)22-23(18)16-10-8-15(9-11-16)21-19(25)20-14-5-1-2-6-14/h12,14-16H,1-11H2,(H2,20,21,25). The summed E-state index contributed by atoms with van der Waals surface area (Å²) in [6.07, 6.45) is 11.4. The molecular weight excluding hydrogens is 316 g/mol. The number of carbonyl (C=O) groups excluding carboxylic acids is 1. The van der Waals surface area contributed by atoms with E-state index in [0.29, 0.717) is 6.04 Å². The van der Waals surface area contributed by atoms with Crippen LogP contribution in [0.25, 0.3) is 0 Å². The molecule has 0 aliphatic heterocycles. The number of rotatable bonds is 3. The summed E-state index contributed by atoms with van der Waals surface area (Å²) < 4.78 is 1.71. The smallest absolute Gasteiger partial charge is 0.315 e. The molecule has 1 aromatic heterocycles. The highest BCUT2D eigenvalue weighted by Crippen LogP contribution is 2.28. The Balaban J connectivity index is 1.31. The molecule has 0 atom stereocenters. The van der Waals surface area contributed by atoms with Crippen LogP contribution in [0.3, 0.4) is 0 Å². The highest BCUT2D eigenvalue weighted by molar-refractivity contribution is 5.74. The first-order valence-corrected chi connectivity index (χ1v) is 9.87. The van der Waals surface area contributed by atoms with Gasteiger partial charge in [0.2, 0.25) is 0 Å². The van der Waals surface area contributed by atoms with Gasteiger partial charge in [0.15, 0.2) is 0 Å². The van der Waals surface area contributed by atoms with E-state index in [2.05, 4.69) is 15.7 Å². The number of aromatic nitrogens is 2. The summed E-state index contributed by atoms with van der Waals surface area (Å²) in [7, 11) is 0. The lowest BCUT2D eigenvalue weighted by Gasteiger charge is -2.30. The first-order chi connectivity index (χ1) is 12.2. The largest absolute Gasteiger partial charge is 0.335 e. The number of nitrogens with zero attached hydrogens (tertiary/aromatic N) is 2. The number of nitrogens with one attached hydrogen (secondary N) is 2. The molecule has 1 aromatic rings. The van der Waals surface area contributed by atoms with Crippen LogP contribution in [0.5, 0.6) is 0 Å². The molecule has 0 saturated heterocycles. The van der Waals surface area contributed by atoms with E-state index in [1.165, 1.54) is 12.8 Å². The molecule has 3 aliphatic carbocycles. The normalized spacial score (nSPS) is 26.4. The molecule has 4 rings (SSSR count). The fourth-order valence-electron chi connectivity index (χ4n) is 4.62. The van der Waals surface area contributed by atoms with Crippen molar-refractivity contribution in [2.24, 2.45) is 0 Å². The predicted molar refractivity (Wildman–Crippen MR) is 95.7 cm³/mol. The topological polar surface area (TPSA) is 76.0 Å². The van der Waals surface area contributed by atoms with Crippen LogP contribution in [0.1, 0.15) is 75.1 Å². The van der Waals surface area contributed by atoms with E-state index in [9.17, 15) is 9.59 Å². The zero-order valence-corrected chi connectivity index (χ0v) is 14.8. The maximum atomic E-state index is 12.4. The van der Waals surface area contributed by atoms with Gasteiger partial charge in [0.25, 0.3) is 5.56 Å². The van der Waals surface area contributed by atoms with Gasteiger partial charge in [-0.1, -0.05) is 12.8 Å². The summed E-state index contributed by atoms with van der Waals surface area (Å²) in [6.45, 7) is 0. The zero-order chi connectivity index (χ0) is 17.2. The van der Waals surface area contributed by atoms with Gasteiger partial charge in [-0.05, 0) is 63.4 Å². The second kappa shape index (κ2) is 7.18. The van der Waals surface area contributed by atoms with Crippen LogP contribution in [-0.2, 0) is 12.8 Å². The van der Waals surface area contributed by atoms with Crippen LogP contribution in [0.4, 0.5) is 4.79 Å². The average Bonchev–Trinajstić information content (AvgIpc) is 3.26. The summed E-state index contributed by atoms with van der Waals surface area (Å²) in [5.74, 6) is 0. The van der Waals surface area contributed by atoms with Gasteiger partial charge < -0.3 is 10.6 Å². The van der Waals surface area contributed by atoms with Crippen molar-refractivity contribution < 1.29 is 4.79 Å². The molecule has 1 heterocycles. The quantitative estimate of drug-likeness (QED) is 0.884. The lowest BCUT2D eigenvalue weighted by Crippen LogP contribution is -2.47. The maximum absolute atomic E-state index is 12.4. The number of aryl methyl sites for hydroxylation is 2. The van der Waals surface area contributed by atoms with Crippen LogP contribution in [0, 0.1) is 0 Å². The van der Waals surface area contributed by atoms with E-state index in [4.69, 9.17) is 0 Å². The molecule has 2 fully saturated rings. The number of fused-ring (bicyclic) bond motifs is 1. The molecular formula is C19H28N4O2. The molecule has 2 amide bonds. The molecule has 0 spiro atoms. The molecule has 136 valence electrons. The van der Waals surface area contributed by atoms with E-state index in [0.717, 1.165) is 69.0 Å². The first kappa shape index (κ1) is 16.6. The minimum absolute atomic E-state index is 0.0248. The fraction of sp³-hybridized carbons (Fsp3) is 0.737. The third kappa shape index (κ3) is 3.72. The van der Waals surface area contributed by atoms with Gasteiger partial charge >= 0.3 is 6.03 Å². The number of urea groups is 1. The monoisotopic (exact) mass is 344 g/mol. The lowest BCUT2D eigenvalue weighted by molar-refractivity contribution is 0.221. The van der Waals surface area contributed by atoms with Crippen molar-refractivity contribution in [3.63, 3.8) is 0 Å². The van der Waals surface area contributed by atoms with E-state index in [1.54, 1.807) is 10.7 Å². The Labute approximate surface area is 148 Å². The van der Waals surface area contributed by atoms with Crippen LogP contribution in [-0.4, -0.2) is 27.9 Å². The maximum Gasteiger partial charge on any atom is 0.315 e. The molecule has 3 aliphatic rings. The van der Waals surface area contributed by atoms with Crippen molar-refractivity contribution >= 4 is 6.03 Å². The molecule has 6 heteroatoms. The molecule has 2 saturated carbocycles. The molecule has 0 radical (unpaired) electrons. The van der Waals surface area contributed by atoms with Crippen molar-refractivity contribution in [1.82, 2.24) is 20.4 Å². The van der Waals surface area contributed by atoms with E-state index in [-0.39, 0.29) is 23.7 Å². The highest BCUT2D eigenvalue weighted by Gasteiger charge is 2.27. The second-order valence-corrected chi connectivity index (χ2v) is 7.86. The minimum Gasteiger partial charge on any atom is -0.335 e. The summed E-state index contributed by atoms with van der Waals surface area (Å²) in [5.41, 5.74) is 2.28. The van der Waals surface area contributed by atoms with E-state index < -0.39 is 0 Å². The second-order valence-electron chi connectivity index (χ2n) is 7.86. The van der Waals surface area contributed by atoms with E-state index in [1.807, 2.05) is 0 Å². The van der Waals surface area contributed by atoms with Gasteiger partial charge in [-0.15, -0.1) is 0 Å². The highest BCUT2D eigenvalue weighted by atomic mass is 16.2. The van der Waals surface area contributed by atoms with Gasteiger partial charge in [0.1, 0.15) is 0 Å². The van der Waals surface area contributed by atoms with Crippen molar-refractivity contribution in [3.05, 3.63) is 27.7 Å². The summed E-state index contributed by atoms with van der Waals surface area (Å²) in [4.78, 5) is 24.5. The molecule has 2 N–H and O–H groups in total. The van der Waals surface area contributed by atoms with Crippen molar-refractivity contribution in [2.75, 3.05) is 0 Å². The Morgan fingerprint density at radius 2 is 1.64 bits per heavy atom. The summed E-state index contributed by atoms with van der Waals surface area (Å²) >= 11 is 0.